The Bertz CT molecular complexity index is 394. The summed E-state index contributed by atoms with van der Waals surface area (Å²) >= 11 is 0. The summed E-state index contributed by atoms with van der Waals surface area (Å²) in [6, 6.07) is 8.70. The molecule has 2 rings (SSSR count). The van der Waals surface area contributed by atoms with Crippen LogP contribution in [0.2, 0.25) is 0 Å². The molecule has 1 aliphatic rings. The minimum absolute atomic E-state index is 1.10. The monoisotopic (exact) mass is 230 g/mol. The lowest BCUT2D eigenvalue weighted by atomic mass is 9.97. The second kappa shape index (κ2) is 5.87. The molecule has 0 saturated carbocycles. The van der Waals surface area contributed by atoms with Crippen molar-refractivity contribution in [3.8, 4) is 0 Å². The van der Waals surface area contributed by atoms with Crippen molar-refractivity contribution in [2.24, 2.45) is 0 Å². The fourth-order valence-electron chi connectivity index (χ4n) is 2.36. The Morgan fingerprint density at radius 3 is 2.76 bits per heavy atom. The largest absolute Gasteiger partial charge is 0.377 e. The number of rotatable bonds is 2. The quantitative estimate of drug-likeness (QED) is 0.840. The number of hydrogen-bond donors (Lipinski definition) is 1. The standard InChI is InChI=1S/C15H22N2/c1-17(2)15-10-4-3-9-14(15)13-7-5-11-16-12-6-8-13/h3-4,7,9-10,16H,5-6,8,11-12H2,1-2H3/b13-7-. The van der Waals surface area contributed by atoms with E-state index in [9.17, 15) is 0 Å². The Kier molecular flexibility index (Phi) is 4.21. The van der Waals surface area contributed by atoms with E-state index < -0.39 is 0 Å². The van der Waals surface area contributed by atoms with Crippen molar-refractivity contribution in [1.82, 2.24) is 5.32 Å². The lowest BCUT2D eigenvalue weighted by Crippen LogP contribution is -2.18. The number of para-hydroxylation sites is 1. The summed E-state index contributed by atoms with van der Waals surface area (Å²) in [5.41, 5.74) is 4.24. The first kappa shape index (κ1) is 12.2. The summed E-state index contributed by atoms with van der Waals surface area (Å²) < 4.78 is 0. The van der Waals surface area contributed by atoms with Crippen LogP contribution in [0.3, 0.4) is 0 Å². The van der Waals surface area contributed by atoms with E-state index in [1.165, 1.54) is 29.7 Å². The van der Waals surface area contributed by atoms with Crippen LogP contribution in [0.1, 0.15) is 24.8 Å². The number of nitrogens with zero attached hydrogens (tertiary/aromatic N) is 1. The maximum Gasteiger partial charge on any atom is 0.0437 e. The van der Waals surface area contributed by atoms with Gasteiger partial charge in [0, 0.05) is 25.3 Å². The van der Waals surface area contributed by atoms with Gasteiger partial charge < -0.3 is 10.2 Å². The predicted molar refractivity (Wildman–Crippen MR) is 75.5 cm³/mol. The molecule has 0 aromatic heterocycles. The highest BCUT2D eigenvalue weighted by Crippen LogP contribution is 2.29. The summed E-state index contributed by atoms with van der Waals surface area (Å²) in [5.74, 6) is 0. The molecule has 0 atom stereocenters. The molecule has 1 N–H and O–H groups in total. The van der Waals surface area contributed by atoms with Gasteiger partial charge in [-0.25, -0.2) is 0 Å². The summed E-state index contributed by atoms with van der Waals surface area (Å²) in [7, 11) is 4.23. The fraction of sp³-hybridized carbons (Fsp3) is 0.467. The predicted octanol–water partition coefficient (Wildman–Crippen LogP) is 2.91. The third kappa shape index (κ3) is 3.10. The highest BCUT2D eigenvalue weighted by atomic mass is 15.1. The van der Waals surface area contributed by atoms with Crippen LogP contribution in [-0.2, 0) is 0 Å². The highest BCUT2D eigenvalue weighted by molar-refractivity contribution is 5.76. The van der Waals surface area contributed by atoms with E-state index in [1.54, 1.807) is 0 Å². The topological polar surface area (TPSA) is 15.3 Å². The summed E-state index contributed by atoms with van der Waals surface area (Å²) in [5, 5.41) is 3.44. The van der Waals surface area contributed by atoms with Crippen molar-refractivity contribution in [3.63, 3.8) is 0 Å². The molecule has 1 aliphatic heterocycles. The molecule has 2 nitrogen and oxygen atoms in total. The average molecular weight is 230 g/mol. The average Bonchev–Trinajstić information content (AvgIpc) is 2.28. The maximum absolute atomic E-state index is 3.44. The van der Waals surface area contributed by atoms with Crippen LogP contribution in [-0.4, -0.2) is 27.2 Å². The van der Waals surface area contributed by atoms with Gasteiger partial charge in [-0.1, -0.05) is 24.3 Å². The molecule has 1 heterocycles. The van der Waals surface area contributed by atoms with Gasteiger partial charge in [-0.2, -0.15) is 0 Å². The Balaban J connectivity index is 2.31. The number of allylic oxidation sites excluding steroid dienone is 1. The van der Waals surface area contributed by atoms with Gasteiger partial charge in [0.15, 0.2) is 0 Å². The van der Waals surface area contributed by atoms with Crippen molar-refractivity contribution in [2.75, 3.05) is 32.1 Å². The molecule has 0 bridgehead atoms. The molecule has 0 aliphatic carbocycles. The lowest BCUT2D eigenvalue weighted by molar-refractivity contribution is 0.650. The summed E-state index contributed by atoms with van der Waals surface area (Å²) in [6.07, 6.45) is 5.94. The van der Waals surface area contributed by atoms with Crippen LogP contribution in [0.5, 0.6) is 0 Å². The maximum atomic E-state index is 3.44. The zero-order valence-electron chi connectivity index (χ0n) is 10.9. The summed E-state index contributed by atoms with van der Waals surface area (Å²) in [4.78, 5) is 2.20. The van der Waals surface area contributed by atoms with Crippen molar-refractivity contribution < 1.29 is 0 Å². The van der Waals surface area contributed by atoms with E-state index >= 15 is 0 Å². The minimum Gasteiger partial charge on any atom is -0.377 e. The molecule has 2 heteroatoms. The Morgan fingerprint density at radius 2 is 1.94 bits per heavy atom. The Labute approximate surface area is 104 Å². The second-order valence-corrected chi connectivity index (χ2v) is 4.78. The third-order valence-electron chi connectivity index (χ3n) is 3.24. The van der Waals surface area contributed by atoms with E-state index in [2.05, 4.69) is 54.7 Å². The van der Waals surface area contributed by atoms with Crippen molar-refractivity contribution in [2.45, 2.75) is 19.3 Å². The van der Waals surface area contributed by atoms with E-state index in [-0.39, 0.29) is 0 Å². The van der Waals surface area contributed by atoms with E-state index in [4.69, 9.17) is 0 Å². The normalized spacial score (nSPS) is 20.0. The van der Waals surface area contributed by atoms with Gasteiger partial charge in [0.2, 0.25) is 0 Å². The van der Waals surface area contributed by atoms with Gasteiger partial charge in [0.1, 0.15) is 0 Å². The number of nitrogens with one attached hydrogen (secondary N) is 1. The Morgan fingerprint density at radius 1 is 1.12 bits per heavy atom. The minimum atomic E-state index is 1.10. The fourth-order valence-corrected chi connectivity index (χ4v) is 2.36. The van der Waals surface area contributed by atoms with E-state index in [0.29, 0.717) is 0 Å². The molecule has 0 saturated heterocycles. The van der Waals surface area contributed by atoms with Crippen LogP contribution >= 0.6 is 0 Å². The molecule has 17 heavy (non-hydrogen) atoms. The molecule has 1 aromatic carbocycles. The molecule has 0 spiro atoms. The van der Waals surface area contributed by atoms with Crippen LogP contribution in [0.4, 0.5) is 5.69 Å². The van der Waals surface area contributed by atoms with Crippen LogP contribution in [0.15, 0.2) is 30.3 Å². The van der Waals surface area contributed by atoms with Crippen molar-refractivity contribution in [1.29, 1.82) is 0 Å². The second-order valence-electron chi connectivity index (χ2n) is 4.78. The SMILES string of the molecule is CN(C)c1ccccc1/C1=C\CCNCCC1. The highest BCUT2D eigenvalue weighted by Gasteiger charge is 2.09. The number of benzene rings is 1. The lowest BCUT2D eigenvalue weighted by Gasteiger charge is -2.20. The first-order valence-corrected chi connectivity index (χ1v) is 6.45. The number of hydrogen-bond acceptors (Lipinski definition) is 2. The Hall–Kier alpha value is -1.28. The van der Waals surface area contributed by atoms with E-state index in [1.807, 2.05) is 0 Å². The first-order valence-electron chi connectivity index (χ1n) is 6.45. The molecule has 0 amide bonds. The van der Waals surface area contributed by atoms with Crippen molar-refractivity contribution in [3.05, 3.63) is 35.9 Å². The van der Waals surface area contributed by atoms with Crippen molar-refractivity contribution >= 4 is 11.3 Å². The smallest absolute Gasteiger partial charge is 0.0437 e. The van der Waals surface area contributed by atoms with Gasteiger partial charge in [-0.3, -0.25) is 0 Å². The van der Waals surface area contributed by atoms with Gasteiger partial charge in [0.25, 0.3) is 0 Å². The van der Waals surface area contributed by atoms with Gasteiger partial charge in [0.05, 0.1) is 0 Å². The zero-order valence-corrected chi connectivity index (χ0v) is 10.9. The molecule has 0 unspecified atom stereocenters. The molecular weight excluding hydrogens is 208 g/mol. The molecule has 0 fully saturated rings. The zero-order chi connectivity index (χ0) is 12.1. The van der Waals surface area contributed by atoms with Crippen LogP contribution < -0.4 is 10.2 Å². The summed E-state index contributed by atoms with van der Waals surface area (Å²) in [6.45, 7) is 2.25. The molecular formula is C15H22N2. The van der Waals surface area contributed by atoms with Crippen LogP contribution in [0, 0.1) is 0 Å². The van der Waals surface area contributed by atoms with Gasteiger partial charge >= 0.3 is 0 Å². The van der Waals surface area contributed by atoms with Crippen LogP contribution in [0.25, 0.3) is 5.57 Å². The van der Waals surface area contributed by atoms with E-state index in [0.717, 1.165) is 19.5 Å². The molecule has 0 radical (unpaired) electrons. The first-order chi connectivity index (χ1) is 8.29. The number of anilines is 1. The third-order valence-corrected chi connectivity index (χ3v) is 3.24. The van der Waals surface area contributed by atoms with Gasteiger partial charge in [-0.15, -0.1) is 0 Å². The van der Waals surface area contributed by atoms with Gasteiger partial charge in [-0.05, 0) is 44.0 Å². The molecule has 1 aromatic rings. The molecule has 92 valence electrons.